The van der Waals surface area contributed by atoms with E-state index in [1.54, 1.807) is 26.8 Å². The lowest BCUT2D eigenvalue weighted by Crippen LogP contribution is -2.58. The first-order valence-corrected chi connectivity index (χ1v) is 24.8. The van der Waals surface area contributed by atoms with E-state index >= 15 is 0 Å². The van der Waals surface area contributed by atoms with Crippen molar-refractivity contribution in [2.45, 2.75) is 173 Å². The van der Waals surface area contributed by atoms with Gasteiger partial charge >= 0.3 is 17.9 Å². The van der Waals surface area contributed by atoms with Crippen molar-refractivity contribution in [1.82, 2.24) is 19.7 Å². The van der Waals surface area contributed by atoms with Crippen LogP contribution in [-0.2, 0) is 32.1 Å². The van der Waals surface area contributed by atoms with Crippen LogP contribution in [0.2, 0.25) is 0 Å². The number of carboxylic acids is 3. The van der Waals surface area contributed by atoms with Crippen molar-refractivity contribution in [3.63, 3.8) is 0 Å². The van der Waals surface area contributed by atoms with Crippen molar-refractivity contribution in [2.24, 2.45) is 62.4 Å². The van der Waals surface area contributed by atoms with Crippen molar-refractivity contribution in [1.29, 1.82) is 0 Å². The van der Waals surface area contributed by atoms with Gasteiger partial charge in [0.05, 0.1) is 23.4 Å². The van der Waals surface area contributed by atoms with Crippen LogP contribution in [0.25, 0.3) is 11.5 Å². The normalized spacial score (nSPS) is 27.1. The number of carbonyl (C=O) groups excluding carboxylic acids is 1. The van der Waals surface area contributed by atoms with E-state index in [0.717, 1.165) is 35.7 Å². The number of nitrogens with zero attached hydrogens (tertiary/aromatic N) is 4. The summed E-state index contributed by atoms with van der Waals surface area (Å²) in [5, 5.41) is 34.2. The van der Waals surface area contributed by atoms with Gasteiger partial charge in [-0.3, -0.25) is 19.2 Å². The molecule has 7 unspecified atom stereocenters. The fourth-order valence-electron chi connectivity index (χ4n) is 12.1. The van der Waals surface area contributed by atoms with Crippen molar-refractivity contribution in [3.8, 4) is 11.5 Å². The fraction of sp³-hybridized carbons (Fsp3) is 0.685. The Hall–Kier alpha value is -4.59. The molecule has 380 valence electrons. The number of halogens is 2. The molecule has 7 atom stereocenters. The van der Waals surface area contributed by atoms with Gasteiger partial charge in [0.1, 0.15) is 23.2 Å². The third-order valence-corrected chi connectivity index (χ3v) is 15.4. The average molecular weight is 952 g/mol. The minimum Gasteiger partial charge on any atom is -0.481 e. The number of ketones is 1. The number of fused-ring (bicyclic) bond motifs is 7. The molecule has 2 aromatic rings. The van der Waals surface area contributed by atoms with Crippen molar-refractivity contribution < 1.29 is 43.3 Å². The summed E-state index contributed by atoms with van der Waals surface area (Å²) in [6.07, 6.45) is 17.6. The maximum Gasteiger partial charge on any atom is 0.309 e. The van der Waals surface area contributed by atoms with E-state index in [0.29, 0.717) is 65.9 Å². The number of aliphatic carboxylic acids is 3. The number of allylic oxidation sites excluding steroid dienone is 4. The second kappa shape index (κ2) is 23.8. The molecule has 4 saturated carbocycles. The molecule has 0 radical (unpaired) electrons. The monoisotopic (exact) mass is 952 g/mol. The first kappa shape index (κ1) is 57.7. The van der Waals surface area contributed by atoms with Gasteiger partial charge in [0.2, 0.25) is 0 Å². The highest BCUT2D eigenvalue weighted by molar-refractivity contribution is 6.00. The minimum absolute atomic E-state index is 0.208. The summed E-state index contributed by atoms with van der Waals surface area (Å²) in [4.78, 5) is 48.6. The quantitative estimate of drug-likeness (QED) is 0.165. The second-order valence-electron chi connectivity index (χ2n) is 22.3. The zero-order chi connectivity index (χ0) is 51.6. The van der Waals surface area contributed by atoms with Gasteiger partial charge in [0.25, 0.3) is 0 Å². The smallest absolute Gasteiger partial charge is 0.309 e. The molecule has 14 heteroatoms. The predicted octanol–water partition coefficient (Wildman–Crippen LogP) is 12.1. The van der Waals surface area contributed by atoms with Gasteiger partial charge in [0.15, 0.2) is 11.6 Å². The summed E-state index contributed by atoms with van der Waals surface area (Å²) in [6.45, 7) is 28.7. The van der Waals surface area contributed by atoms with Crippen LogP contribution in [0.15, 0.2) is 54.5 Å². The molecule has 5 aliphatic rings. The molecule has 5 N–H and O–H groups in total. The van der Waals surface area contributed by atoms with E-state index in [2.05, 4.69) is 69.4 Å². The lowest BCUT2D eigenvalue weighted by molar-refractivity contribution is -0.153. The highest BCUT2D eigenvalue weighted by Gasteiger charge is 2.63. The lowest BCUT2D eigenvalue weighted by Gasteiger charge is -2.66. The SMILES string of the molecule is C=CC(=C)F.CC(C)(C)C(=O)O.CC(C)(CC(=O)O)C(=O)O.CC(C)C1=C2C3CCC4C5(C)CCCCC5CCC4(C)C3CCC2(Cc2nnc(-c3ccc(F)cn3)n2CCN)CC1=O.CCC. The van der Waals surface area contributed by atoms with Crippen LogP contribution in [0.3, 0.4) is 0 Å². The summed E-state index contributed by atoms with van der Waals surface area (Å²) < 4.78 is 26.8. The number of carboxylic acid groups (broad SMARTS) is 3. The van der Waals surface area contributed by atoms with Gasteiger partial charge in [-0.2, -0.15) is 0 Å². The van der Waals surface area contributed by atoms with Crippen LogP contribution in [0, 0.1) is 62.5 Å². The molecule has 4 fully saturated rings. The van der Waals surface area contributed by atoms with Crippen LogP contribution < -0.4 is 5.73 Å². The summed E-state index contributed by atoms with van der Waals surface area (Å²) in [7, 11) is 0. The van der Waals surface area contributed by atoms with E-state index in [1.165, 1.54) is 95.9 Å². The first-order chi connectivity index (χ1) is 31.6. The molecular formula is C54H83F2N5O7. The third-order valence-electron chi connectivity index (χ3n) is 15.4. The number of hydrogen-bond acceptors (Lipinski definition) is 8. The summed E-state index contributed by atoms with van der Waals surface area (Å²) >= 11 is 0. The first-order valence-electron chi connectivity index (χ1n) is 24.8. The molecule has 5 aliphatic carbocycles. The Morgan fingerprint density at radius 1 is 0.941 bits per heavy atom. The number of hydrogen-bond donors (Lipinski definition) is 4. The Kier molecular flexibility index (Phi) is 20.2. The van der Waals surface area contributed by atoms with Gasteiger partial charge in [-0.1, -0.05) is 79.5 Å². The second-order valence-corrected chi connectivity index (χ2v) is 22.3. The van der Waals surface area contributed by atoms with Gasteiger partial charge in [-0.25, -0.2) is 13.8 Å². The van der Waals surface area contributed by atoms with Gasteiger partial charge in [-0.05, 0) is 150 Å². The van der Waals surface area contributed by atoms with Crippen molar-refractivity contribution >= 4 is 23.7 Å². The number of rotatable bonds is 10. The maximum absolute atomic E-state index is 14.0. The molecule has 0 saturated heterocycles. The molecule has 0 bridgehead atoms. The van der Waals surface area contributed by atoms with Crippen molar-refractivity contribution in [2.75, 3.05) is 6.54 Å². The van der Waals surface area contributed by atoms with Crippen LogP contribution in [0.1, 0.15) is 165 Å². The lowest BCUT2D eigenvalue weighted by atomic mass is 9.39. The van der Waals surface area contributed by atoms with Crippen LogP contribution in [-0.4, -0.2) is 65.3 Å². The molecule has 68 heavy (non-hydrogen) atoms. The zero-order valence-corrected chi connectivity index (χ0v) is 43.0. The Morgan fingerprint density at radius 3 is 2.04 bits per heavy atom. The fourth-order valence-corrected chi connectivity index (χ4v) is 12.1. The van der Waals surface area contributed by atoms with Gasteiger partial charge in [-0.15, -0.1) is 10.2 Å². The number of aromatic nitrogens is 4. The largest absolute Gasteiger partial charge is 0.481 e. The Bertz CT molecular complexity index is 2120. The van der Waals surface area contributed by atoms with Gasteiger partial charge in [0, 0.05) is 31.3 Å². The van der Waals surface area contributed by atoms with Gasteiger partial charge < -0.3 is 25.6 Å². The van der Waals surface area contributed by atoms with Crippen LogP contribution in [0.4, 0.5) is 8.78 Å². The molecule has 2 aromatic heterocycles. The molecule has 7 rings (SSSR count). The molecule has 0 spiro atoms. The summed E-state index contributed by atoms with van der Waals surface area (Å²) in [6, 6.07) is 3.06. The van der Waals surface area contributed by atoms with E-state index in [4.69, 9.17) is 26.2 Å². The standard InChI is InChI=1S/C36H50FN5O.C6H10O4.C5H10O2.C4H5F.C3H8/c1-22(2)31-28(43)19-36(20-30-40-41-33(42(30)18-17-38)27-10-8-24(37)21-39-27)16-13-26-25(32(31)36)9-11-29-34(3)14-6-5-7-23(34)12-15-35(26,29)4;1-6(2,5(9)10)3-4(7)8;1-5(2,3)4(6)7;1-3-4(2)5;1-3-2/h8,10,21-23,25-26,29H,5-7,9,11-20,38H2,1-4H3;3H2,1-2H3,(H,7,8)(H,9,10);1-3H3,(H,6,7);3H,1-2H2;3H2,1-2H3. The van der Waals surface area contributed by atoms with E-state index in [1.807, 2.05) is 0 Å². The zero-order valence-electron chi connectivity index (χ0n) is 43.0. The van der Waals surface area contributed by atoms with Crippen LogP contribution in [0.5, 0.6) is 0 Å². The molecular weight excluding hydrogens is 869 g/mol. The Balaban J connectivity index is 0.000000404. The van der Waals surface area contributed by atoms with E-state index in [-0.39, 0.29) is 23.6 Å². The average Bonchev–Trinajstić information content (AvgIpc) is 3.77. The maximum atomic E-state index is 14.0. The molecule has 0 aromatic carbocycles. The van der Waals surface area contributed by atoms with E-state index < -0.39 is 34.6 Å². The van der Waals surface area contributed by atoms with Crippen LogP contribution >= 0.6 is 0 Å². The number of Topliss-reactive ketones (excluding diaryl/α,β-unsaturated/α-hetero) is 1. The highest BCUT2D eigenvalue weighted by atomic mass is 19.1. The third kappa shape index (κ3) is 13.4. The van der Waals surface area contributed by atoms with E-state index in [9.17, 15) is 28.0 Å². The highest BCUT2D eigenvalue weighted by Crippen LogP contribution is 2.71. The molecule has 0 amide bonds. The van der Waals surface area contributed by atoms with Crippen molar-refractivity contribution in [3.05, 3.63) is 66.2 Å². The molecule has 0 aliphatic heterocycles. The topological polar surface area (TPSA) is 199 Å². The Morgan fingerprint density at radius 2 is 1.56 bits per heavy atom. The molecule has 2 heterocycles. The molecule has 12 nitrogen and oxygen atoms in total. The number of carbonyl (C=O) groups is 4. The minimum atomic E-state index is -1.16. The number of pyridine rings is 1. The Labute approximate surface area is 404 Å². The predicted molar refractivity (Wildman–Crippen MR) is 263 cm³/mol. The summed E-state index contributed by atoms with van der Waals surface area (Å²) in [5.74, 6) is 1.10. The number of nitrogens with two attached hydrogens (primary N) is 1. The summed E-state index contributed by atoms with van der Waals surface area (Å²) in [5.41, 5.74) is 8.16.